The van der Waals surface area contributed by atoms with E-state index in [9.17, 15) is 9.59 Å². The molecule has 2 aromatic rings. The van der Waals surface area contributed by atoms with Crippen LogP contribution in [0.25, 0.3) is 0 Å². The number of nitrogens with zero attached hydrogens (tertiary/aromatic N) is 2. The van der Waals surface area contributed by atoms with Gasteiger partial charge in [0.2, 0.25) is 5.91 Å². The van der Waals surface area contributed by atoms with E-state index in [2.05, 4.69) is 11.4 Å². The molecule has 0 saturated heterocycles. The van der Waals surface area contributed by atoms with E-state index in [1.54, 1.807) is 24.3 Å². The zero-order chi connectivity index (χ0) is 24.0. The van der Waals surface area contributed by atoms with Gasteiger partial charge in [-0.25, -0.2) is 0 Å². The molecule has 2 amide bonds. The predicted octanol–water partition coefficient (Wildman–Crippen LogP) is 4.85. The van der Waals surface area contributed by atoms with Crippen molar-refractivity contribution >= 4 is 17.5 Å². The number of nitriles is 1. The molecule has 3 N–H and O–H groups in total. The van der Waals surface area contributed by atoms with E-state index in [4.69, 9.17) is 11.0 Å². The first-order valence-corrected chi connectivity index (χ1v) is 11.6. The van der Waals surface area contributed by atoms with Crippen LogP contribution >= 0.6 is 0 Å². The largest absolute Gasteiger partial charge is 0.330 e. The van der Waals surface area contributed by atoms with Crippen molar-refractivity contribution in [3.63, 3.8) is 0 Å². The monoisotopic (exact) mass is 446 g/mol. The minimum atomic E-state index is -0.0793. The van der Waals surface area contributed by atoms with Crippen LogP contribution in [0, 0.1) is 16.7 Å². The lowest BCUT2D eigenvalue weighted by Crippen LogP contribution is -2.51. The molecule has 2 aromatic carbocycles. The third-order valence-corrected chi connectivity index (χ3v) is 5.99. The number of nitrogens with two attached hydrogens (primary N) is 1. The highest BCUT2D eigenvalue weighted by atomic mass is 16.2. The lowest BCUT2D eigenvalue weighted by Gasteiger charge is -2.38. The summed E-state index contributed by atoms with van der Waals surface area (Å²) in [4.78, 5) is 27.6. The van der Waals surface area contributed by atoms with Crippen molar-refractivity contribution in [3.05, 3.63) is 65.2 Å². The van der Waals surface area contributed by atoms with Crippen molar-refractivity contribution in [3.8, 4) is 6.07 Å². The Kier molecular flexibility index (Phi) is 7.88. The van der Waals surface area contributed by atoms with Crippen LogP contribution in [-0.4, -0.2) is 28.8 Å². The number of nitrogens with one attached hydrogen (secondary N) is 1. The maximum absolute atomic E-state index is 13.5. The molecule has 0 bridgehead atoms. The standard InChI is InChI=1S/C27H34N4O2/c1-27(2,3)16-25(32)30-22-14-10-20(11-15-22)18-31(24-7-5-4-6-23(24)29)26(33)21-12-8-19(17-28)9-13-21/h8-15,23-24H,4-7,16,18,29H2,1-3H3,(H,30,32). The second kappa shape index (κ2) is 10.6. The van der Waals surface area contributed by atoms with Crippen LogP contribution in [0.15, 0.2) is 48.5 Å². The summed E-state index contributed by atoms with van der Waals surface area (Å²) in [5, 5.41) is 12.0. The summed E-state index contributed by atoms with van der Waals surface area (Å²) < 4.78 is 0. The zero-order valence-corrected chi connectivity index (χ0v) is 19.8. The number of rotatable bonds is 6. The first-order chi connectivity index (χ1) is 15.7. The molecule has 0 aromatic heterocycles. The number of carbonyl (C=O) groups is 2. The summed E-state index contributed by atoms with van der Waals surface area (Å²) in [7, 11) is 0. The Morgan fingerprint density at radius 1 is 1.06 bits per heavy atom. The normalized spacial score (nSPS) is 18.3. The summed E-state index contributed by atoms with van der Waals surface area (Å²) in [6.45, 7) is 6.54. The van der Waals surface area contributed by atoms with Crippen molar-refractivity contribution in [1.82, 2.24) is 4.90 Å². The molecule has 1 aliphatic rings. The molecular formula is C27H34N4O2. The van der Waals surface area contributed by atoms with Crippen LogP contribution in [0.3, 0.4) is 0 Å². The van der Waals surface area contributed by atoms with E-state index in [-0.39, 0.29) is 29.3 Å². The molecule has 0 radical (unpaired) electrons. The van der Waals surface area contributed by atoms with E-state index < -0.39 is 0 Å². The van der Waals surface area contributed by atoms with Crippen molar-refractivity contribution in [2.45, 2.75) is 71.5 Å². The second-order valence-corrected chi connectivity index (χ2v) is 10.1. The smallest absolute Gasteiger partial charge is 0.254 e. The Hall–Kier alpha value is -3.17. The number of hydrogen-bond donors (Lipinski definition) is 2. The van der Waals surface area contributed by atoms with Crippen LogP contribution < -0.4 is 11.1 Å². The van der Waals surface area contributed by atoms with Gasteiger partial charge in [-0.1, -0.05) is 45.7 Å². The molecule has 1 saturated carbocycles. The lowest BCUT2D eigenvalue weighted by molar-refractivity contribution is -0.117. The van der Waals surface area contributed by atoms with Gasteiger partial charge in [-0.15, -0.1) is 0 Å². The molecular weight excluding hydrogens is 412 g/mol. The Balaban J connectivity index is 1.77. The molecule has 174 valence electrons. The first-order valence-electron chi connectivity index (χ1n) is 11.6. The van der Waals surface area contributed by atoms with E-state index in [1.165, 1.54) is 0 Å². The van der Waals surface area contributed by atoms with Gasteiger partial charge in [0.25, 0.3) is 5.91 Å². The molecule has 2 unspecified atom stereocenters. The van der Waals surface area contributed by atoms with Gasteiger partial charge in [-0.05, 0) is 60.2 Å². The summed E-state index contributed by atoms with van der Waals surface area (Å²) in [5.74, 6) is -0.0922. The summed E-state index contributed by atoms with van der Waals surface area (Å²) in [6, 6.07) is 16.4. The van der Waals surface area contributed by atoms with Crippen LogP contribution in [0.4, 0.5) is 5.69 Å². The fourth-order valence-corrected chi connectivity index (χ4v) is 4.30. The fourth-order valence-electron chi connectivity index (χ4n) is 4.30. The van der Waals surface area contributed by atoms with Crippen LogP contribution in [0.5, 0.6) is 0 Å². The third kappa shape index (κ3) is 6.90. The van der Waals surface area contributed by atoms with Gasteiger partial charge < -0.3 is 16.0 Å². The average Bonchev–Trinajstić information content (AvgIpc) is 2.77. The van der Waals surface area contributed by atoms with Crippen molar-refractivity contribution in [2.24, 2.45) is 11.1 Å². The lowest BCUT2D eigenvalue weighted by atomic mass is 9.89. The van der Waals surface area contributed by atoms with Crippen LogP contribution in [-0.2, 0) is 11.3 Å². The molecule has 1 aliphatic carbocycles. The quantitative estimate of drug-likeness (QED) is 0.663. The number of benzene rings is 2. The molecule has 3 rings (SSSR count). The highest BCUT2D eigenvalue weighted by Crippen LogP contribution is 2.26. The highest BCUT2D eigenvalue weighted by Gasteiger charge is 2.31. The van der Waals surface area contributed by atoms with Crippen LogP contribution in [0.1, 0.15) is 74.4 Å². The maximum atomic E-state index is 13.5. The van der Waals surface area contributed by atoms with Crippen molar-refractivity contribution in [2.75, 3.05) is 5.32 Å². The maximum Gasteiger partial charge on any atom is 0.254 e. The Morgan fingerprint density at radius 3 is 2.27 bits per heavy atom. The van der Waals surface area contributed by atoms with Crippen LogP contribution in [0.2, 0.25) is 0 Å². The number of hydrogen-bond acceptors (Lipinski definition) is 4. The summed E-state index contributed by atoms with van der Waals surface area (Å²) in [5.41, 5.74) is 9.16. The van der Waals surface area contributed by atoms with E-state index >= 15 is 0 Å². The van der Waals surface area contributed by atoms with Gasteiger partial charge in [0.05, 0.1) is 11.6 Å². The molecule has 6 nitrogen and oxygen atoms in total. The molecule has 33 heavy (non-hydrogen) atoms. The molecule has 1 fully saturated rings. The van der Waals surface area contributed by atoms with Gasteiger partial charge >= 0.3 is 0 Å². The van der Waals surface area contributed by atoms with Gasteiger partial charge in [0, 0.05) is 36.3 Å². The Morgan fingerprint density at radius 2 is 1.70 bits per heavy atom. The van der Waals surface area contributed by atoms with Crippen molar-refractivity contribution in [1.29, 1.82) is 5.26 Å². The molecule has 6 heteroatoms. The summed E-state index contributed by atoms with van der Waals surface area (Å²) in [6.07, 6.45) is 4.36. The van der Waals surface area contributed by atoms with Gasteiger partial charge in [0.15, 0.2) is 0 Å². The molecule has 0 aliphatic heterocycles. The minimum absolute atomic E-state index is 0.0129. The summed E-state index contributed by atoms with van der Waals surface area (Å²) >= 11 is 0. The van der Waals surface area contributed by atoms with E-state index in [1.807, 2.05) is 49.9 Å². The highest BCUT2D eigenvalue weighted by molar-refractivity contribution is 5.94. The van der Waals surface area contributed by atoms with Gasteiger partial charge in [-0.2, -0.15) is 5.26 Å². The Labute approximate surface area is 196 Å². The van der Waals surface area contributed by atoms with Gasteiger partial charge in [-0.3, -0.25) is 9.59 Å². The first kappa shape index (κ1) is 24.5. The third-order valence-electron chi connectivity index (χ3n) is 5.99. The van der Waals surface area contributed by atoms with Gasteiger partial charge in [0.1, 0.15) is 0 Å². The second-order valence-electron chi connectivity index (χ2n) is 10.1. The topological polar surface area (TPSA) is 99.2 Å². The average molecular weight is 447 g/mol. The van der Waals surface area contributed by atoms with E-state index in [0.29, 0.717) is 24.1 Å². The number of amides is 2. The Bertz CT molecular complexity index is 1000. The van der Waals surface area contributed by atoms with Crippen molar-refractivity contribution < 1.29 is 9.59 Å². The van der Waals surface area contributed by atoms with E-state index in [0.717, 1.165) is 36.9 Å². The predicted molar refractivity (Wildman–Crippen MR) is 130 cm³/mol. The molecule has 0 spiro atoms. The number of anilines is 1. The number of carbonyl (C=O) groups excluding carboxylic acids is 2. The minimum Gasteiger partial charge on any atom is -0.330 e. The zero-order valence-electron chi connectivity index (χ0n) is 19.8. The molecule has 0 heterocycles. The SMILES string of the molecule is CC(C)(C)CC(=O)Nc1ccc(CN(C(=O)c2ccc(C#N)cc2)C2CCCCC2N)cc1. The fraction of sp³-hybridized carbons (Fsp3) is 0.444. The molecule has 2 atom stereocenters.